The fraction of sp³-hybridized carbons (Fsp3) is 0.231. The van der Waals surface area contributed by atoms with Crippen LogP contribution >= 0.6 is 15.9 Å². The van der Waals surface area contributed by atoms with Crippen LogP contribution in [0.5, 0.6) is 5.75 Å². The summed E-state index contributed by atoms with van der Waals surface area (Å²) < 4.78 is 6.24. The number of carboxylic acid groups (broad SMARTS) is 1. The molecule has 1 N–H and O–H groups in total. The zero-order valence-corrected chi connectivity index (χ0v) is 11.2. The second kappa shape index (κ2) is 7.51. The second-order valence-corrected chi connectivity index (χ2v) is 4.33. The van der Waals surface area contributed by atoms with Gasteiger partial charge in [-0.3, -0.25) is 0 Å². The number of rotatable bonds is 6. The molecule has 0 fully saturated rings. The van der Waals surface area contributed by atoms with Crippen molar-refractivity contribution in [2.24, 2.45) is 0 Å². The molecule has 0 radical (unpaired) electrons. The Morgan fingerprint density at radius 1 is 1.56 bits per heavy atom. The van der Waals surface area contributed by atoms with Crippen LogP contribution in [0.15, 0.2) is 28.7 Å². The van der Waals surface area contributed by atoms with Crippen LogP contribution < -0.4 is 4.74 Å². The molecule has 18 heavy (non-hydrogen) atoms. The van der Waals surface area contributed by atoms with Crippen LogP contribution in [0.4, 0.5) is 0 Å². The van der Waals surface area contributed by atoms with E-state index in [4.69, 9.17) is 15.1 Å². The molecule has 0 bridgehead atoms. The summed E-state index contributed by atoms with van der Waals surface area (Å²) in [5.74, 6) is -0.302. The fourth-order valence-corrected chi connectivity index (χ4v) is 1.75. The Hall–Kier alpha value is -1.80. The summed E-state index contributed by atoms with van der Waals surface area (Å²) >= 11 is 3.35. The number of benzene rings is 1. The average Bonchev–Trinajstić information content (AvgIpc) is 2.34. The minimum atomic E-state index is -0.983. The van der Waals surface area contributed by atoms with Crippen molar-refractivity contribution < 1.29 is 14.6 Å². The first kappa shape index (κ1) is 14.3. The normalized spacial score (nSPS) is 10.2. The number of aliphatic carboxylic acids is 1. The molecular weight excluding hydrogens is 298 g/mol. The number of carbonyl (C=O) groups is 1. The lowest BCUT2D eigenvalue weighted by Gasteiger charge is -2.07. The van der Waals surface area contributed by atoms with Gasteiger partial charge in [0.25, 0.3) is 0 Å². The van der Waals surface area contributed by atoms with Crippen LogP contribution in [0.2, 0.25) is 0 Å². The number of halogens is 1. The van der Waals surface area contributed by atoms with Crippen molar-refractivity contribution >= 4 is 28.0 Å². The van der Waals surface area contributed by atoms with Gasteiger partial charge < -0.3 is 9.84 Å². The molecule has 5 heteroatoms. The highest BCUT2D eigenvalue weighted by molar-refractivity contribution is 9.10. The molecule has 0 amide bonds. The van der Waals surface area contributed by atoms with E-state index in [1.165, 1.54) is 6.08 Å². The van der Waals surface area contributed by atoms with E-state index in [0.29, 0.717) is 25.2 Å². The van der Waals surface area contributed by atoms with Crippen LogP contribution in [0.1, 0.15) is 18.4 Å². The molecule has 0 aliphatic rings. The SMILES string of the molecule is N#CCCCOc1ccc(C=CC(=O)O)cc1Br. The van der Waals surface area contributed by atoms with Crippen molar-refractivity contribution in [1.82, 2.24) is 0 Å². The number of ether oxygens (including phenoxy) is 1. The first-order valence-electron chi connectivity index (χ1n) is 5.34. The number of carboxylic acids is 1. The van der Waals surface area contributed by atoms with Crippen LogP contribution in [0.3, 0.4) is 0 Å². The molecule has 4 nitrogen and oxygen atoms in total. The van der Waals surface area contributed by atoms with Gasteiger partial charge in [0.2, 0.25) is 0 Å². The van der Waals surface area contributed by atoms with Crippen molar-refractivity contribution in [3.05, 3.63) is 34.3 Å². The molecule has 0 aliphatic carbocycles. The monoisotopic (exact) mass is 309 g/mol. The van der Waals surface area contributed by atoms with Gasteiger partial charge in [-0.25, -0.2) is 4.79 Å². The Kier molecular flexibility index (Phi) is 5.95. The lowest BCUT2D eigenvalue weighted by Crippen LogP contribution is -1.97. The van der Waals surface area contributed by atoms with Gasteiger partial charge in [-0.15, -0.1) is 0 Å². The number of hydrogen-bond donors (Lipinski definition) is 1. The fourth-order valence-electron chi connectivity index (χ4n) is 1.24. The zero-order valence-electron chi connectivity index (χ0n) is 9.60. The third-order valence-corrected chi connectivity index (χ3v) is 2.68. The van der Waals surface area contributed by atoms with Gasteiger partial charge >= 0.3 is 5.97 Å². The molecule has 1 rings (SSSR count). The number of hydrogen-bond acceptors (Lipinski definition) is 3. The minimum absolute atomic E-state index is 0.469. The van der Waals surface area contributed by atoms with Crippen LogP contribution in [0.25, 0.3) is 6.08 Å². The molecule has 0 aliphatic heterocycles. The van der Waals surface area contributed by atoms with E-state index < -0.39 is 5.97 Å². The van der Waals surface area contributed by atoms with E-state index in [1.807, 2.05) is 6.07 Å². The highest BCUT2D eigenvalue weighted by Crippen LogP contribution is 2.26. The topological polar surface area (TPSA) is 70.3 Å². The summed E-state index contributed by atoms with van der Waals surface area (Å²) in [6, 6.07) is 7.35. The third-order valence-electron chi connectivity index (χ3n) is 2.06. The number of nitriles is 1. The molecule has 0 heterocycles. The summed E-state index contributed by atoms with van der Waals surface area (Å²) in [7, 11) is 0. The molecule has 1 aromatic carbocycles. The van der Waals surface area contributed by atoms with Crippen molar-refractivity contribution in [2.45, 2.75) is 12.8 Å². The summed E-state index contributed by atoms with van der Waals surface area (Å²) in [6.07, 6.45) is 3.74. The molecule has 0 spiro atoms. The Bertz CT molecular complexity index is 491. The first-order valence-corrected chi connectivity index (χ1v) is 6.13. The van der Waals surface area contributed by atoms with Gasteiger partial charge in [0.15, 0.2) is 0 Å². The Balaban J connectivity index is 2.62. The highest BCUT2D eigenvalue weighted by Gasteiger charge is 2.01. The second-order valence-electron chi connectivity index (χ2n) is 3.47. The Morgan fingerprint density at radius 2 is 2.33 bits per heavy atom. The highest BCUT2D eigenvalue weighted by atomic mass is 79.9. The lowest BCUT2D eigenvalue weighted by molar-refractivity contribution is -0.131. The molecule has 0 saturated carbocycles. The Morgan fingerprint density at radius 3 is 2.94 bits per heavy atom. The number of unbranched alkanes of at least 4 members (excludes halogenated alkanes) is 1. The standard InChI is InChI=1S/C13H12BrNO3/c14-11-9-10(4-6-13(16)17)3-5-12(11)18-8-2-1-7-15/h3-6,9H,1-2,8H2,(H,16,17). The van der Waals surface area contributed by atoms with Crippen molar-refractivity contribution in [2.75, 3.05) is 6.61 Å². The summed E-state index contributed by atoms with van der Waals surface area (Å²) in [5, 5.41) is 16.9. The summed E-state index contributed by atoms with van der Waals surface area (Å²) in [5.41, 5.74) is 0.772. The minimum Gasteiger partial charge on any atom is -0.492 e. The largest absolute Gasteiger partial charge is 0.492 e. The van der Waals surface area contributed by atoms with E-state index >= 15 is 0 Å². The smallest absolute Gasteiger partial charge is 0.328 e. The van der Waals surface area contributed by atoms with E-state index in [9.17, 15) is 4.79 Å². The molecular formula is C13H12BrNO3. The van der Waals surface area contributed by atoms with Crippen molar-refractivity contribution in [3.8, 4) is 11.8 Å². The molecule has 1 aromatic rings. The van der Waals surface area contributed by atoms with E-state index in [2.05, 4.69) is 15.9 Å². The van der Waals surface area contributed by atoms with E-state index in [1.54, 1.807) is 18.2 Å². The van der Waals surface area contributed by atoms with E-state index in [0.717, 1.165) is 16.1 Å². The van der Waals surface area contributed by atoms with Gasteiger partial charge in [0.05, 0.1) is 17.1 Å². The zero-order chi connectivity index (χ0) is 13.4. The van der Waals surface area contributed by atoms with Crippen molar-refractivity contribution in [3.63, 3.8) is 0 Å². The predicted molar refractivity (Wildman–Crippen MR) is 71.2 cm³/mol. The van der Waals surface area contributed by atoms with Crippen molar-refractivity contribution in [1.29, 1.82) is 5.26 Å². The molecule has 0 atom stereocenters. The average molecular weight is 310 g/mol. The third kappa shape index (κ3) is 5.02. The maximum Gasteiger partial charge on any atom is 0.328 e. The van der Waals surface area contributed by atoms with Gasteiger partial charge in [-0.1, -0.05) is 6.07 Å². The Labute approximate surface area is 114 Å². The van der Waals surface area contributed by atoms with E-state index in [-0.39, 0.29) is 0 Å². The molecule has 0 saturated heterocycles. The maximum atomic E-state index is 10.4. The predicted octanol–water partition coefficient (Wildman–Crippen LogP) is 3.23. The number of nitrogens with zero attached hydrogens (tertiary/aromatic N) is 1. The van der Waals surface area contributed by atoms with Crippen LogP contribution in [0, 0.1) is 11.3 Å². The molecule has 0 unspecified atom stereocenters. The maximum absolute atomic E-state index is 10.4. The molecule has 0 aromatic heterocycles. The van der Waals surface area contributed by atoms with Gasteiger partial charge in [0, 0.05) is 12.5 Å². The van der Waals surface area contributed by atoms with Crippen LogP contribution in [-0.2, 0) is 4.79 Å². The molecule has 94 valence electrons. The quantitative estimate of drug-likeness (QED) is 0.647. The van der Waals surface area contributed by atoms with Gasteiger partial charge in [0.1, 0.15) is 5.75 Å². The van der Waals surface area contributed by atoms with Gasteiger partial charge in [-0.05, 0) is 46.1 Å². The summed E-state index contributed by atoms with van der Waals surface area (Å²) in [4.78, 5) is 10.4. The lowest BCUT2D eigenvalue weighted by atomic mass is 10.2. The van der Waals surface area contributed by atoms with Crippen LogP contribution in [-0.4, -0.2) is 17.7 Å². The summed E-state index contributed by atoms with van der Waals surface area (Å²) in [6.45, 7) is 0.483. The van der Waals surface area contributed by atoms with Gasteiger partial charge in [-0.2, -0.15) is 5.26 Å². The first-order chi connectivity index (χ1) is 8.63.